The summed E-state index contributed by atoms with van der Waals surface area (Å²) in [4.78, 5) is 11.0. The van der Waals surface area contributed by atoms with Crippen LogP contribution in [0.3, 0.4) is 0 Å². The SMILES string of the molecule is COc1ccc(Br)c(CNC(C)(C)C(=O)O)c1. The number of hydrogen-bond donors (Lipinski definition) is 2. The summed E-state index contributed by atoms with van der Waals surface area (Å²) in [7, 11) is 1.60. The lowest BCUT2D eigenvalue weighted by atomic mass is 10.1. The molecular weight excluding hydrogens is 286 g/mol. The molecule has 0 amide bonds. The fraction of sp³-hybridized carbons (Fsp3) is 0.417. The highest BCUT2D eigenvalue weighted by molar-refractivity contribution is 9.10. The van der Waals surface area contributed by atoms with E-state index in [0.717, 1.165) is 15.8 Å². The molecule has 94 valence electrons. The van der Waals surface area contributed by atoms with Gasteiger partial charge in [0, 0.05) is 11.0 Å². The van der Waals surface area contributed by atoms with Crippen molar-refractivity contribution in [3.8, 4) is 5.75 Å². The van der Waals surface area contributed by atoms with Crippen molar-refractivity contribution in [2.75, 3.05) is 7.11 Å². The fourth-order valence-electron chi connectivity index (χ4n) is 1.21. The van der Waals surface area contributed by atoms with Crippen LogP contribution in [0.1, 0.15) is 19.4 Å². The van der Waals surface area contributed by atoms with Crippen LogP contribution in [0.5, 0.6) is 5.75 Å². The molecule has 5 heteroatoms. The summed E-state index contributed by atoms with van der Waals surface area (Å²) in [6, 6.07) is 5.59. The van der Waals surface area contributed by atoms with Crippen molar-refractivity contribution in [3.05, 3.63) is 28.2 Å². The third-order valence-corrected chi connectivity index (χ3v) is 3.28. The largest absolute Gasteiger partial charge is 0.497 e. The highest BCUT2D eigenvalue weighted by Crippen LogP contribution is 2.22. The van der Waals surface area contributed by atoms with Gasteiger partial charge in [0.2, 0.25) is 0 Å². The van der Waals surface area contributed by atoms with Crippen molar-refractivity contribution < 1.29 is 14.6 Å². The average molecular weight is 302 g/mol. The van der Waals surface area contributed by atoms with Gasteiger partial charge in [-0.2, -0.15) is 0 Å². The van der Waals surface area contributed by atoms with Gasteiger partial charge in [0.1, 0.15) is 11.3 Å². The topological polar surface area (TPSA) is 58.6 Å². The summed E-state index contributed by atoms with van der Waals surface area (Å²) in [5.41, 5.74) is 0.00127. The third-order valence-electron chi connectivity index (χ3n) is 2.51. The van der Waals surface area contributed by atoms with Crippen LogP contribution in [0.25, 0.3) is 0 Å². The lowest BCUT2D eigenvalue weighted by Gasteiger charge is -2.21. The maximum Gasteiger partial charge on any atom is 0.323 e. The Kier molecular flexibility index (Phi) is 4.54. The van der Waals surface area contributed by atoms with Gasteiger partial charge < -0.3 is 9.84 Å². The summed E-state index contributed by atoms with van der Waals surface area (Å²) in [6.07, 6.45) is 0. The summed E-state index contributed by atoms with van der Waals surface area (Å²) < 4.78 is 6.05. The molecule has 0 aliphatic heterocycles. The first kappa shape index (κ1) is 14.0. The highest BCUT2D eigenvalue weighted by Gasteiger charge is 2.26. The first-order valence-corrected chi connectivity index (χ1v) is 5.97. The summed E-state index contributed by atoms with van der Waals surface area (Å²) in [6.45, 7) is 3.71. The van der Waals surface area contributed by atoms with Gasteiger partial charge in [-0.15, -0.1) is 0 Å². The lowest BCUT2D eigenvalue weighted by molar-refractivity contribution is -0.143. The molecule has 1 aromatic rings. The Morgan fingerprint density at radius 1 is 1.53 bits per heavy atom. The third kappa shape index (κ3) is 3.71. The van der Waals surface area contributed by atoms with Gasteiger partial charge in [-0.1, -0.05) is 15.9 Å². The zero-order chi connectivity index (χ0) is 13.1. The Balaban J connectivity index is 2.78. The zero-order valence-corrected chi connectivity index (χ0v) is 11.7. The molecule has 0 radical (unpaired) electrons. The van der Waals surface area contributed by atoms with Gasteiger partial charge in [-0.3, -0.25) is 10.1 Å². The first-order chi connectivity index (χ1) is 7.86. The lowest BCUT2D eigenvalue weighted by Crippen LogP contribution is -2.46. The van der Waals surface area contributed by atoms with Gasteiger partial charge in [-0.05, 0) is 37.6 Å². The molecule has 0 spiro atoms. The zero-order valence-electron chi connectivity index (χ0n) is 10.1. The standard InChI is InChI=1S/C12H16BrNO3/c1-12(2,11(15)16)14-7-8-6-9(17-3)4-5-10(8)13/h4-6,14H,7H2,1-3H3,(H,15,16). The molecule has 0 atom stereocenters. The number of methoxy groups -OCH3 is 1. The summed E-state index contributed by atoms with van der Waals surface area (Å²) >= 11 is 3.42. The normalized spacial score (nSPS) is 11.3. The average Bonchev–Trinajstić information content (AvgIpc) is 2.28. The molecule has 0 bridgehead atoms. The molecule has 0 fully saturated rings. The molecule has 0 saturated carbocycles. The van der Waals surface area contributed by atoms with Crippen LogP contribution in [0.15, 0.2) is 22.7 Å². The molecule has 1 rings (SSSR count). The van der Waals surface area contributed by atoms with Crippen molar-refractivity contribution in [3.63, 3.8) is 0 Å². The van der Waals surface area contributed by atoms with Crippen LogP contribution >= 0.6 is 15.9 Å². The Morgan fingerprint density at radius 3 is 2.71 bits per heavy atom. The first-order valence-electron chi connectivity index (χ1n) is 5.17. The minimum Gasteiger partial charge on any atom is -0.497 e. The predicted molar refractivity (Wildman–Crippen MR) is 69.2 cm³/mol. The predicted octanol–water partition coefficient (Wildman–Crippen LogP) is 2.41. The molecule has 0 heterocycles. The van der Waals surface area contributed by atoms with Crippen LogP contribution < -0.4 is 10.1 Å². The van der Waals surface area contributed by atoms with Crippen LogP contribution in [0.2, 0.25) is 0 Å². The number of hydrogen-bond acceptors (Lipinski definition) is 3. The van der Waals surface area contributed by atoms with E-state index >= 15 is 0 Å². The molecular formula is C12H16BrNO3. The maximum atomic E-state index is 11.0. The van der Waals surface area contributed by atoms with Crippen molar-refractivity contribution in [2.24, 2.45) is 0 Å². The number of rotatable bonds is 5. The number of carboxylic acid groups (broad SMARTS) is 1. The van der Waals surface area contributed by atoms with E-state index in [9.17, 15) is 4.79 Å². The molecule has 2 N–H and O–H groups in total. The second-order valence-corrected chi connectivity index (χ2v) is 5.10. The summed E-state index contributed by atoms with van der Waals surface area (Å²) in [5.74, 6) is -0.130. The van der Waals surface area contributed by atoms with Crippen molar-refractivity contribution in [1.82, 2.24) is 5.32 Å². The van der Waals surface area contributed by atoms with Crippen molar-refractivity contribution >= 4 is 21.9 Å². The summed E-state index contributed by atoms with van der Waals surface area (Å²) in [5, 5.41) is 12.0. The Morgan fingerprint density at radius 2 is 2.18 bits per heavy atom. The molecule has 0 saturated heterocycles. The van der Waals surface area contributed by atoms with Crippen LogP contribution in [0, 0.1) is 0 Å². The Hall–Kier alpha value is -1.07. The van der Waals surface area contributed by atoms with Crippen LogP contribution in [0.4, 0.5) is 0 Å². The molecule has 17 heavy (non-hydrogen) atoms. The minimum absolute atomic E-state index is 0.455. The highest BCUT2D eigenvalue weighted by atomic mass is 79.9. The van der Waals surface area contributed by atoms with E-state index < -0.39 is 11.5 Å². The van der Waals surface area contributed by atoms with E-state index in [1.165, 1.54) is 0 Å². The number of benzene rings is 1. The number of carbonyl (C=O) groups is 1. The molecule has 4 nitrogen and oxygen atoms in total. The molecule has 0 aliphatic carbocycles. The van der Waals surface area contributed by atoms with E-state index in [0.29, 0.717) is 6.54 Å². The van der Waals surface area contributed by atoms with Gasteiger partial charge in [0.05, 0.1) is 7.11 Å². The van der Waals surface area contributed by atoms with E-state index in [2.05, 4.69) is 21.2 Å². The molecule has 0 aromatic heterocycles. The Labute approximate surface area is 109 Å². The minimum atomic E-state index is -0.956. The van der Waals surface area contributed by atoms with Crippen molar-refractivity contribution in [1.29, 1.82) is 0 Å². The number of ether oxygens (including phenoxy) is 1. The van der Waals surface area contributed by atoms with E-state index in [1.807, 2.05) is 18.2 Å². The maximum absolute atomic E-state index is 11.0. The molecule has 0 unspecified atom stereocenters. The van der Waals surface area contributed by atoms with Gasteiger partial charge >= 0.3 is 5.97 Å². The van der Waals surface area contributed by atoms with Crippen LogP contribution in [-0.2, 0) is 11.3 Å². The number of carboxylic acids is 1. The number of halogens is 1. The quantitative estimate of drug-likeness (QED) is 0.877. The van der Waals surface area contributed by atoms with E-state index in [1.54, 1.807) is 21.0 Å². The smallest absolute Gasteiger partial charge is 0.323 e. The molecule has 1 aromatic carbocycles. The number of nitrogens with one attached hydrogen (secondary N) is 1. The fourth-order valence-corrected chi connectivity index (χ4v) is 1.59. The second kappa shape index (κ2) is 5.51. The van der Waals surface area contributed by atoms with Crippen molar-refractivity contribution in [2.45, 2.75) is 25.9 Å². The van der Waals surface area contributed by atoms with E-state index in [-0.39, 0.29) is 0 Å². The number of aliphatic carboxylic acids is 1. The van der Waals surface area contributed by atoms with Crippen LogP contribution in [-0.4, -0.2) is 23.7 Å². The van der Waals surface area contributed by atoms with Gasteiger partial charge in [-0.25, -0.2) is 0 Å². The Bertz CT molecular complexity index is 418. The monoisotopic (exact) mass is 301 g/mol. The molecule has 0 aliphatic rings. The van der Waals surface area contributed by atoms with Gasteiger partial charge in [0.15, 0.2) is 0 Å². The van der Waals surface area contributed by atoms with Gasteiger partial charge in [0.25, 0.3) is 0 Å². The van der Waals surface area contributed by atoms with E-state index in [4.69, 9.17) is 9.84 Å². The second-order valence-electron chi connectivity index (χ2n) is 4.24.